The Balaban J connectivity index is 1.49. The third kappa shape index (κ3) is 3.74. The number of fused-ring (bicyclic) bond motifs is 1. The van der Waals surface area contributed by atoms with Crippen molar-refractivity contribution in [1.29, 1.82) is 0 Å². The molecule has 0 fully saturated rings. The van der Waals surface area contributed by atoms with Crippen LogP contribution in [0.3, 0.4) is 0 Å². The second-order valence-corrected chi connectivity index (χ2v) is 7.59. The molecule has 150 valence electrons. The average Bonchev–Trinajstić information content (AvgIpc) is 3.00. The molecule has 0 atom stereocenters. The van der Waals surface area contributed by atoms with Gasteiger partial charge in [-0.1, -0.05) is 54.1 Å². The van der Waals surface area contributed by atoms with Crippen molar-refractivity contribution < 1.29 is 14.4 Å². The molecule has 0 aromatic heterocycles. The monoisotopic (exact) mass is 398 g/mol. The first kappa shape index (κ1) is 19.6. The van der Waals surface area contributed by atoms with Gasteiger partial charge in [-0.05, 0) is 42.3 Å². The van der Waals surface area contributed by atoms with Gasteiger partial charge in [-0.3, -0.25) is 19.3 Å². The van der Waals surface area contributed by atoms with E-state index in [4.69, 9.17) is 0 Å². The van der Waals surface area contributed by atoms with Crippen molar-refractivity contribution in [3.63, 3.8) is 0 Å². The summed E-state index contributed by atoms with van der Waals surface area (Å²) in [5.41, 5.74) is 4.34. The van der Waals surface area contributed by atoms with Crippen LogP contribution < -0.4 is 0 Å². The number of hydrogen-bond donors (Lipinski definition) is 0. The predicted molar refractivity (Wildman–Crippen MR) is 114 cm³/mol. The van der Waals surface area contributed by atoms with E-state index in [0.29, 0.717) is 23.2 Å². The van der Waals surface area contributed by atoms with E-state index in [2.05, 4.69) is 0 Å². The van der Waals surface area contributed by atoms with Gasteiger partial charge in [0.1, 0.15) is 0 Å². The van der Waals surface area contributed by atoms with Crippen LogP contribution in [-0.2, 0) is 13.1 Å². The molecule has 0 saturated carbocycles. The van der Waals surface area contributed by atoms with Crippen molar-refractivity contribution in [3.05, 3.63) is 106 Å². The lowest BCUT2D eigenvalue weighted by atomic mass is 10.1. The molecule has 0 bridgehead atoms. The molecule has 3 amide bonds. The van der Waals surface area contributed by atoms with Crippen LogP contribution in [0.15, 0.2) is 72.8 Å². The Morgan fingerprint density at radius 1 is 0.833 bits per heavy atom. The summed E-state index contributed by atoms with van der Waals surface area (Å²) in [7, 11) is 1.76. The van der Waals surface area contributed by atoms with Gasteiger partial charge in [-0.15, -0.1) is 0 Å². The van der Waals surface area contributed by atoms with Gasteiger partial charge in [0.2, 0.25) is 0 Å². The molecule has 0 saturated heterocycles. The van der Waals surface area contributed by atoms with Crippen molar-refractivity contribution in [2.24, 2.45) is 0 Å². The second-order valence-electron chi connectivity index (χ2n) is 7.59. The number of carbonyl (C=O) groups excluding carboxylic acids is 3. The molecular weight excluding hydrogens is 376 g/mol. The minimum Gasteiger partial charge on any atom is -0.337 e. The molecule has 5 nitrogen and oxygen atoms in total. The van der Waals surface area contributed by atoms with Gasteiger partial charge in [0.15, 0.2) is 0 Å². The Hall–Kier alpha value is -3.73. The van der Waals surface area contributed by atoms with Crippen LogP contribution in [0, 0.1) is 6.92 Å². The number of amides is 3. The quantitative estimate of drug-likeness (QED) is 0.609. The summed E-state index contributed by atoms with van der Waals surface area (Å²) in [6.45, 7) is 2.66. The zero-order chi connectivity index (χ0) is 21.3. The highest BCUT2D eigenvalue weighted by Crippen LogP contribution is 2.24. The van der Waals surface area contributed by atoms with Gasteiger partial charge >= 0.3 is 0 Å². The summed E-state index contributed by atoms with van der Waals surface area (Å²) in [6.07, 6.45) is 0. The van der Waals surface area contributed by atoms with Gasteiger partial charge in [0, 0.05) is 19.2 Å². The number of benzene rings is 3. The van der Waals surface area contributed by atoms with Crippen LogP contribution in [0.1, 0.15) is 47.8 Å². The number of rotatable bonds is 5. The molecule has 3 aromatic rings. The van der Waals surface area contributed by atoms with Gasteiger partial charge in [-0.25, -0.2) is 0 Å². The lowest BCUT2D eigenvalue weighted by molar-refractivity contribution is 0.0642. The Bertz CT molecular complexity index is 1100. The van der Waals surface area contributed by atoms with E-state index in [1.807, 2.05) is 37.3 Å². The fourth-order valence-corrected chi connectivity index (χ4v) is 3.63. The SMILES string of the molecule is Cc1ccc(CN(C)C(=O)c2cccc(CN3C(=O)c4ccccc4C3=O)c2)cc1. The molecule has 1 aliphatic heterocycles. The molecule has 30 heavy (non-hydrogen) atoms. The Morgan fingerprint density at radius 3 is 2.10 bits per heavy atom. The molecule has 0 radical (unpaired) electrons. The lowest BCUT2D eigenvalue weighted by Gasteiger charge is -2.19. The number of imide groups is 1. The van der Waals surface area contributed by atoms with E-state index in [-0.39, 0.29) is 24.3 Å². The van der Waals surface area contributed by atoms with E-state index >= 15 is 0 Å². The lowest BCUT2D eigenvalue weighted by Crippen LogP contribution is -2.29. The Labute approximate surface area is 175 Å². The summed E-state index contributed by atoms with van der Waals surface area (Å²) < 4.78 is 0. The zero-order valence-electron chi connectivity index (χ0n) is 17.0. The van der Waals surface area contributed by atoms with Crippen LogP contribution in [0.25, 0.3) is 0 Å². The minimum absolute atomic E-state index is 0.111. The number of carbonyl (C=O) groups is 3. The molecule has 1 heterocycles. The number of nitrogens with zero attached hydrogens (tertiary/aromatic N) is 2. The normalized spacial score (nSPS) is 12.8. The van der Waals surface area contributed by atoms with Crippen LogP contribution in [0.5, 0.6) is 0 Å². The maximum Gasteiger partial charge on any atom is 0.261 e. The summed E-state index contributed by atoms with van der Waals surface area (Å²) >= 11 is 0. The second kappa shape index (κ2) is 7.95. The highest BCUT2D eigenvalue weighted by Gasteiger charge is 2.35. The van der Waals surface area contributed by atoms with Crippen molar-refractivity contribution in [1.82, 2.24) is 9.80 Å². The standard InChI is InChI=1S/C25H22N2O3/c1-17-10-12-18(13-11-17)15-26(2)23(28)20-7-5-6-19(14-20)16-27-24(29)21-8-3-4-9-22(21)25(27)30/h3-14H,15-16H2,1-2H3. The predicted octanol–water partition coefficient (Wildman–Crippen LogP) is 4.06. The van der Waals surface area contributed by atoms with Gasteiger partial charge in [0.25, 0.3) is 17.7 Å². The van der Waals surface area contributed by atoms with Crippen molar-refractivity contribution in [2.75, 3.05) is 7.05 Å². The van der Waals surface area contributed by atoms with E-state index in [1.54, 1.807) is 54.4 Å². The maximum absolute atomic E-state index is 12.9. The molecule has 4 rings (SSSR count). The van der Waals surface area contributed by atoms with E-state index in [0.717, 1.165) is 11.1 Å². The molecule has 0 spiro atoms. The van der Waals surface area contributed by atoms with Crippen molar-refractivity contribution >= 4 is 17.7 Å². The van der Waals surface area contributed by atoms with Crippen LogP contribution in [0.2, 0.25) is 0 Å². The van der Waals surface area contributed by atoms with E-state index in [9.17, 15) is 14.4 Å². The van der Waals surface area contributed by atoms with E-state index in [1.165, 1.54) is 10.5 Å². The Morgan fingerprint density at radius 2 is 1.47 bits per heavy atom. The summed E-state index contributed by atoms with van der Waals surface area (Å²) in [5, 5.41) is 0. The van der Waals surface area contributed by atoms with Crippen LogP contribution in [0.4, 0.5) is 0 Å². The van der Waals surface area contributed by atoms with E-state index < -0.39 is 0 Å². The summed E-state index contributed by atoms with van der Waals surface area (Å²) in [6, 6.07) is 22.0. The van der Waals surface area contributed by atoms with Gasteiger partial charge in [0.05, 0.1) is 17.7 Å². The first-order chi connectivity index (χ1) is 14.4. The Kier molecular flexibility index (Phi) is 5.19. The first-order valence-corrected chi connectivity index (χ1v) is 9.79. The number of aryl methyl sites for hydroxylation is 1. The molecule has 3 aromatic carbocycles. The average molecular weight is 398 g/mol. The van der Waals surface area contributed by atoms with Crippen molar-refractivity contribution in [3.8, 4) is 0 Å². The number of hydrogen-bond acceptors (Lipinski definition) is 3. The fourth-order valence-electron chi connectivity index (χ4n) is 3.63. The topological polar surface area (TPSA) is 57.7 Å². The highest BCUT2D eigenvalue weighted by molar-refractivity contribution is 6.21. The van der Waals surface area contributed by atoms with Gasteiger partial charge in [-0.2, -0.15) is 0 Å². The molecule has 0 N–H and O–H groups in total. The summed E-state index contributed by atoms with van der Waals surface area (Å²) in [5.74, 6) is -0.715. The third-order valence-corrected chi connectivity index (χ3v) is 5.28. The van der Waals surface area contributed by atoms with Crippen molar-refractivity contribution in [2.45, 2.75) is 20.0 Å². The van der Waals surface area contributed by atoms with Crippen LogP contribution >= 0.6 is 0 Å². The fraction of sp³-hybridized carbons (Fsp3) is 0.160. The molecule has 0 unspecified atom stereocenters. The molecule has 5 heteroatoms. The maximum atomic E-state index is 12.9. The summed E-state index contributed by atoms with van der Waals surface area (Å²) in [4.78, 5) is 41.0. The van der Waals surface area contributed by atoms with Crippen LogP contribution in [-0.4, -0.2) is 34.6 Å². The highest BCUT2D eigenvalue weighted by atomic mass is 16.2. The van der Waals surface area contributed by atoms with Gasteiger partial charge < -0.3 is 4.90 Å². The zero-order valence-corrected chi connectivity index (χ0v) is 17.0. The molecule has 0 aliphatic carbocycles. The molecular formula is C25H22N2O3. The largest absolute Gasteiger partial charge is 0.337 e. The smallest absolute Gasteiger partial charge is 0.261 e. The third-order valence-electron chi connectivity index (χ3n) is 5.28. The first-order valence-electron chi connectivity index (χ1n) is 9.79. The minimum atomic E-state index is -0.302. The molecule has 1 aliphatic rings.